The lowest BCUT2D eigenvalue weighted by molar-refractivity contribution is 0.102. The molecule has 1 fully saturated rings. The SMILES string of the molecule is CCNC(=O)n1nc(-c2cc(NC(=O)c3cccnc3)ccc2O)cc1C1CCCC1. The average Bonchev–Trinajstić information content (AvgIpc) is 3.46. The van der Waals surface area contributed by atoms with Gasteiger partial charge in [0.25, 0.3) is 5.91 Å². The number of anilines is 1. The lowest BCUT2D eigenvalue weighted by Crippen LogP contribution is -2.30. The summed E-state index contributed by atoms with van der Waals surface area (Å²) in [6, 6.07) is 9.73. The quantitative estimate of drug-likeness (QED) is 0.539. The van der Waals surface area contributed by atoms with E-state index in [4.69, 9.17) is 0 Å². The molecule has 8 nitrogen and oxygen atoms in total. The second kappa shape index (κ2) is 8.99. The molecule has 1 saturated carbocycles. The first-order valence-corrected chi connectivity index (χ1v) is 10.5. The van der Waals surface area contributed by atoms with E-state index in [1.807, 2.05) is 13.0 Å². The highest BCUT2D eigenvalue weighted by atomic mass is 16.3. The van der Waals surface area contributed by atoms with Gasteiger partial charge in [-0.1, -0.05) is 12.8 Å². The fraction of sp³-hybridized carbons (Fsp3) is 0.304. The summed E-state index contributed by atoms with van der Waals surface area (Å²) in [6.07, 6.45) is 7.36. The van der Waals surface area contributed by atoms with Gasteiger partial charge < -0.3 is 15.7 Å². The van der Waals surface area contributed by atoms with E-state index in [-0.39, 0.29) is 23.6 Å². The Balaban J connectivity index is 1.67. The van der Waals surface area contributed by atoms with Crippen LogP contribution in [0.1, 0.15) is 54.6 Å². The van der Waals surface area contributed by atoms with E-state index in [9.17, 15) is 14.7 Å². The van der Waals surface area contributed by atoms with Gasteiger partial charge in [0.05, 0.1) is 17.0 Å². The fourth-order valence-corrected chi connectivity index (χ4v) is 3.95. The number of phenols is 1. The van der Waals surface area contributed by atoms with Gasteiger partial charge >= 0.3 is 6.03 Å². The van der Waals surface area contributed by atoms with Gasteiger partial charge in [-0.15, -0.1) is 0 Å². The molecule has 0 atom stereocenters. The number of nitrogens with zero attached hydrogens (tertiary/aromatic N) is 3. The maximum absolute atomic E-state index is 12.6. The van der Waals surface area contributed by atoms with Crippen LogP contribution in [0.3, 0.4) is 0 Å². The molecule has 2 aromatic heterocycles. The summed E-state index contributed by atoms with van der Waals surface area (Å²) >= 11 is 0. The molecule has 0 aliphatic heterocycles. The fourth-order valence-electron chi connectivity index (χ4n) is 3.95. The van der Waals surface area contributed by atoms with Crippen LogP contribution in [0.25, 0.3) is 11.3 Å². The highest BCUT2D eigenvalue weighted by Crippen LogP contribution is 2.38. The van der Waals surface area contributed by atoms with Crippen LogP contribution in [0.4, 0.5) is 10.5 Å². The summed E-state index contributed by atoms with van der Waals surface area (Å²) in [5.74, 6) is -0.0124. The normalized spacial score (nSPS) is 13.8. The maximum Gasteiger partial charge on any atom is 0.342 e. The summed E-state index contributed by atoms with van der Waals surface area (Å²) in [5, 5.41) is 20.6. The van der Waals surface area contributed by atoms with Crippen LogP contribution in [0.5, 0.6) is 5.75 Å². The van der Waals surface area contributed by atoms with Crippen molar-refractivity contribution in [2.45, 2.75) is 38.5 Å². The van der Waals surface area contributed by atoms with E-state index in [0.717, 1.165) is 31.4 Å². The Labute approximate surface area is 180 Å². The van der Waals surface area contributed by atoms with E-state index in [2.05, 4.69) is 20.7 Å². The first-order chi connectivity index (χ1) is 15.1. The van der Waals surface area contributed by atoms with Gasteiger partial charge in [0.15, 0.2) is 0 Å². The molecule has 2 heterocycles. The number of carbonyl (C=O) groups excluding carboxylic acids is 2. The van der Waals surface area contributed by atoms with Crippen LogP contribution in [0.15, 0.2) is 48.8 Å². The molecule has 1 aromatic carbocycles. The van der Waals surface area contributed by atoms with Crippen molar-refractivity contribution in [2.75, 3.05) is 11.9 Å². The molecule has 4 rings (SSSR count). The number of hydrogen-bond donors (Lipinski definition) is 3. The van der Waals surface area contributed by atoms with Crippen molar-refractivity contribution in [3.8, 4) is 17.0 Å². The third-order valence-corrected chi connectivity index (χ3v) is 5.48. The lowest BCUT2D eigenvalue weighted by Gasteiger charge is -2.11. The number of rotatable bonds is 5. The summed E-state index contributed by atoms with van der Waals surface area (Å²) in [6.45, 7) is 2.36. The summed E-state index contributed by atoms with van der Waals surface area (Å²) in [4.78, 5) is 29.0. The van der Waals surface area contributed by atoms with E-state index < -0.39 is 0 Å². The van der Waals surface area contributed by atoms with E-state index >= 15 is 0 Å². The molecule has 0 bridgehead atoms. The van der Waals surface area contributed by atoms with Gasteiger partial charge in [-0.2, -0.15) is 9.78 Å². The molecule has 0 radical (unpaired) electrons. The van der Waals surface area contributed by atoms with Crippen LogP contribution < -0.4 is 10.6 Å². The minimum Gasteiger partial charge on any atom is -0.507 e. The van der Waals surface area contributed by atoms with Crippen molar-refractivity contribution in [1.82, 2.24) is 20.1 Å². The number of aromatic nitrogens is 3. The van der Waals surface area contributed by atoms with Crippen molar-refractivity contribution in [3.05, 3.63) is 60.0 Å². The first-order valence-electron chi connectivity index (χ1n) is 10.5. The molecule has 3 aromatic rings. The molecular formula is C23H25N5O3. The Bertz CT molecular complexity index is 1090. The minimum absolute atomic E-state index is 0.0258. The second-order valence-corrected chi connectivity index (χ2v) is 7.61. The summed E-state index contributed by atoms with van der Waals surface area (Å²) < 4.78 is 1.41. The van der Waals surface area contributed by atoms with E-state index in [0.29, 0.717) is 29.1 Å². The number of aromatic hydroxyl groups is 1. The van der Waals surface area contributed by atoms with Crippen LogP contribution in [0, 0.1) is 0 Å². The Morgan fingerprint density at radius 2 is 2.00 bits per heavy atom. The summed E-state index contributed by atoms with van der Waals surface area (Å²) in [7, 11) is 0. The van der Waals surface area contributed by atoms with Crippen molar-refractivity contribution >= 4 is 17.6 Å². The van der Waals surface area contributed by atoms with Crippen molar-refractivity contribution in [2.24, 2.45) is 0 Å². The zero-order chi connectivity index (χ0) is 21.8. The van der Waals surface area contributed by atoms with E-state index in [1.54, 1.807) is 30.5 Å². The predicted octanol–water partition coefficient (Wildman–Crippen LogP) is 4.14. The van der Waals surface area contributed by atoms with Gasteiger partial charge in [0, 0.05) is 36.1 Å². The van der Waals surface area contributed by atoms with Crippen LogP contribution >= 0.6 is 0 Å². The third kappa shape index (κ3) is 4.42. The van der Waals surface area contributed by atoms with Gasteiger partial charge in [-0.25, -0.2) is 4.79 Å². The van der Waals surface area contributed by atoms with Crippen LogP contribution in [-0.4, -0.2) is 38.4 Å². The molecule has 0 saturated heterocycles. The smallest absolute Gasteiger partial charge is 0.342 e. The highest BCUT2D eigenvalue weighted by Gasteiger charge is 2.26. The molecule has 2 amide bonds. The zero-order valence-corrected chi connectivity index (χ0v) is 17.3. The number of phenolic OH excluding ortho intramolecular Hbond substituents is 1. The molecule has 31 heavy (non-hydrogen) atoms. The average molecular weight is 419 g/mol. The van der Waals surface area contributed by atoms with Crippen molar-refractivity contribution in [1.29, 1.82) is 0 Å². The van der Waals surface area contributed by atoms with Gasteiger partial charge in [0.2, 0.25) is 0 Å². The molecule has 1 aliphatic carbocycles. The standard InChI is InChI=1S/C23H25N5O3/c1-2-25-23(31)28-20(15-6-3-4-7-15)13-19(27-28)18-12-17(9-10-21(18)29)26-22(30)16-8-5-11-24-14-16/h5,8-15,29H,2-4,6-7H2,1H3,(H,25,31)(H,26,30). The number of carbonyl (C=O) groups is 2. The minimum atomic E-state index is -0.302. The zero-order valence-electron chi connectivity index (χ0n) is 17.3. The largest absolute Gasteiger partial charge is 0.507 e. The molecule has 160 valence electrons. The Morgan fingerprint density at radius 1 is 1.19 bits per heavy atom. The van der Waals surface area contributed by atoms with E-state index in [1.165, 1.54) is 16.9 Å². The number of nitrogens with one attached hydrogen (secondary N) is 2. The number of hydrogen-bond acceptors (Lipinski definition) is 5. The number of amides is 2. The second-order valence-electron chi connectivity index (χ2n) is 7.61. The Hall–Kier alpha value is -3.68. The van der Waals surface area contributed by atoms with Crippen molar-refractivity contribution < 1.29 is 14.7 Å². The van der Waals surface area contributed by atoms with Crippen LogP contribution in [0.2, 0.25) is 0 Å². The van der Waals surface area contributed by atoms with Gasteiger partial charge in [0.1, 0.15) is 5.75 Å². The lowest BCUT2D eigenvalue weighted by atomic mass is 10.0. The van der Waals surface area contributed by atoms with Crippen molar-refractivity contribution in [3.63, 3.8) is 0 Å². The molecule has 0 spiro atoms. The Morgan fingerprint density at radius 3 is 2.71 bits per heavy atom. The Kier molecular flexibility index (Phi) is 5.97. The molecule has 8 heteroatoms. The highest BCUT2D eigenvalue weighted by molar-refractivity contribution is 6.04. The van der Waals surface area contributed by atoms with Gasteiger partial charge in [-0.05, 0) is 56.2 Å². The monoisotopic (exact) mass is 419 g/mol. The first kappa shape index (κ1) is 20.6. The summed E-state index contributed by atoms with van der Waals surface area (Å²) in [5.41, 5.74) is 2.73. The number of pyridine rings is 1. The number of benzene rings is 1. The topological polar surface area (TPSA) is 109 Å². The van der Waals surface area contributed by atoms with Crippen LogP contribution in [-0.2, 0) is 0 Å². The van der Waals surface area contributed by atoms with Gasteiger partial charge in [-0.3, -0.25) is 9.78 Å². The third-order valence-electron chi connectivity index (χ3n) is 5.48. The molecule has 1 aliphatic rings. The molecule has 3 N–H and O–H groups in total. The molecule has 0 unspecified atom stereocenters. The molecular weight excluding hydrogens is 394 g/mol. The maximum atomic E-state index is 12.6. The predicted molar refractivity (Wildman–Crippen MR) is 117 cm³/mol.